The average Bonchev–Trinajstić information content (AvgIpc) is 3.07. The average molecular weight is 422 g/mol. The van der Waals surface area contributed by atoms with Gasteiger partial charge in [-0.3, -0.25) is 4.90 Å². The number of sulfone groups is 1. The van der Waals surface area contributed by atoms with Crippen LogP contribution >= 0.6 is 0 Å². The molecular formula is C23H35NO4S. The molecule has 0 radical (unpaired) electrons. The van der Waals surface area contributed by atoms with Gasteiger partial charge in [0.2, 0.25) is 0 Å². The Morgan fingerprint density at radius 3 is 1.97 bits per heavy atom. The molecule has 1 fully saturated rings. The SMILES string of the molecule is Cc1ccc(S(=O)(=O)/C=C/[C@@](C(=O)OC(C)(C)C)(N2CCCC2)C(C)(C)C)cc1. The van der Waals surface area contributed by atoms with Crippen molar-refractivity contribution in [3.05, 3.63) is 41.3 Å². The minimum Gasteiger partial charge on any atom is -0.458 e. The lowest BCUT2D eigenvalue weighted by Crippen LogP contribution is -2.62. The van der Waals surface area contributed by atoms with Crippen LogP contribution in [0.4, 0.5) is 0 Å². The molecule has 1 aliphatic heterocycles. The predicted octanol–water partition coefficient (Wildman–Crippen LogP) is 4.50. The fourth-order valence-corrected chi connectivity index (χ4v) is 4.80. The number of hydrogen-bond acceptors (Lipinski definition) is 5. The summed E-state index contributed by atoms with van der Waals surface area (Å²) in [5.74, 6) is -0.408. The summed E-state index contributed by atoms with van der Waals surface area (Å²) in [6.07, 6.45) is 3.50. The van der Waals surface area contributed by atoms with Crippen LogP contribution in [0.1, 0.15) is 59.9 Å². The van der Waals surface area contributed by atoms with E-state index in [-0.39, 0.29) is 4.90 Å². The van der Waals surface area contributed by atoms with Crippen molar-refractivity contribution in [3.8, 4) is 0 Å². The van der Waals surface area contributed by atoms with Crippen molar-refractivity contribution in [3.63, 3.8) is 0 Å². The molecule has 2 rings (SSSR count). The van der Waals surface area contributed by atoms with Crippen LogP contribution in [0, 0.1) is 12.3 Å². The molecule has 1 aliphatic rings. The van der Waals surface area contributed by atoms with Gasteiger partial charge in [0.05, 0.1) is 4.90 Å². The molecule has 29 heavy (non-hydrogen) atoms. The summed E-state index contributed by atoms with van der Waals surface area (Å²) >= 11 is 0. The van der Waals surface area contributed by atoms with E-state index in [2.05, 4.69) is 4.90 Å². The van der Waals surface area contributed by atoms with Crippen molar-refractivity contribution in [2.45, 2.75) is 77.3 Å². The molecule has 1 saturated heterocycles. The normalized spacial score (nSPS) is 18.7. The first-order chi connectivity index (χ1) is 13.2. The molecule has 0 bridgehead atoms. The second-order valence-corrected chi connectivity index (χ2v) is 11.7. The van der Waals surface area contributed by atoms with Crippen LogP contribution < -0.4 is 0 Å². The highest BCUT2D eigenvalue weighted by Gasteiger charge is 2.54. The smallest absolute Gasteiger partial charge is 0.331 e. The summed E-state index contributed by atoms with van der Waals surface area (Å²) in [6, 6.07) is 6.73. The van der Waals surface area contributed by atoms with E-state index in [1.807, 2.05) is 48.5 Å². The predicted molar refractivity (Wildman–Crippen MR) is 116 cm³/mol. The Morgan fingerprint density at radius 2 is 1.52 bits per heavy atom. The van der Waals surface area contributed by atoms with Gasteiger partial charge in [-0.2, -0.15) is 0 Å². The quantitative estimate of drug-likeness (QED) is 0.655. The summed E-state index contributed by atoms with van der Waals surface area (Å²) in [4.78, 5) is 15.8. The number of carbonyl (C=O) groups excluding carboxylic acids is 1. The molecule has 0 aliphatic carbocycles. The Morgan fingerprint density at radius 1 is 1.00 bits per heavy atom. The molecule has 6 heteroatoms. The van der Waals surface area contributed by atoms with Crippen molar-refractivity contribution < 1.29 is 17.9 Å². The van der Waals surface area contributed by atoms with Crippen LogP contribution in [0.15, 0.2) is 40.6 Å². The topological polar surface area (TPSA) is 63.7 Å². The molecule has 0 saturated carbocycles. The number of hydrogen-bond donors (Lipinski definition) is 0. The number of nitrogens with zero attached hydrogens (tertiary/aromatic N) is 1. The lowest BCUT2D eigenvalue weighted by atomic mass is 9.72. The lowest BCUT2D eigenvalue weighted by molar-refractivity contribution is -0.172. The van der Waals surface area contributed by atoms with Crippen LogP contribution in [-0.4, -0.2) is 43.5 Å². The summed E-state index contributed by atoms with van der Waals surface area (Å²) in [6.45, 7) is 14.7. The van der Waals surface area contributed by atoms with Gasteiger partial charge in [0.25, 0.3) is 0 Å². The molecule has 1 aromatic rings. The molecule has 5 nitrogen and oxygen atoms in total. The molecule has 1 aromatic carbocycles. The standard InChI is InChI=1S/C23H35NO4S/c1-18-10-12-19(13-11-18)29(26,27)17-14-23(21(2,3)4,24-15-8-9-16-24)20(25)28-22(5,6)7/h10-14,17H,8-9,15-16H2,1-7H3/b17-14+/t23-/m0/s1. The van der Waals surface area contributed by atoms with E-state index < -0.39 is 32.4 Å². The summed E-state index contributed by atoms with van der Waals surface area (Å²) < 4.78 is 31.8. The van der Waals surface area contributed by atoms with Crippen LogP contribution in [0.2, 0.25) is 0 Å². The molecule has 0 spiro atoms. The molecule has 1 heterocycles. The first-order valence-corrected chi connectivity index (χ1v) is 11.7. The van der Waals surface area contributed by atoms with Crippen molar-refractivity contribution in [1.82, 2.24) is 4.90 Å². The van der Waals surface area contributed by atoms with E-state index in [4.69, 9.17) is 4.74 Å². The van der Waals surface area contributed by atoms with E-state index >= 15 is 0 Å². The van der Waals surface area contributed by atoms with E-state index in [1.165, 1.54) is 5.41 Å². The molecule has 0 N–H and O–H groups in total. The summed E-state index contributed by atoms with van der Waals surface area (Å²) in [5, 5.41) is 1.19. The van der Waals surface area contributed by atoms with Crippen molar-refractivity contribution >= 4 is 15.8 Å². The molecule has 0 amide bonds. The van der Waals surface area contributed by atoms with Crippen LogP contribution in [0.25, 0.3) is 0 Å². The zero-order chi connectivity index (χ0) is 22.1. The Balaban J connectivity index is 2.58. The number of ether oxygens (including phenoxy) is 1. The van der Waals surface area contributed by atoms with Gasteiger partial charge in [0.15, 0.2) is 9.84 Å². The highest BCUT2D eigenvalue weighted by Crippen LogP contribution is 2.41. The maximum atomic E-state index is 13.5. The Kier molecular flexibility index (Phi) is 6.70. The molecule has 0 aromatic heterocycles. The summed E-state index contributed by atoms with van der Waals surface area (Å²) in [5.41, 5.74) is -1.42. The Bertz CT molecular complexity index is 852. The van der Waals surface area contributed by atoms with E-state index in [9.17, 15) is 13.2 Å². The van der Waals surface area contributed by atoms with Crippen molar-refractivity contribution in [2.24, 2.45) is 5.41 Å². The van der Waals surface area contributed by atoms with Crippen molar-refractivity contribution in [2.75, 3.05) is 13.1 Å². The number of benzene rings is 1. The Labute approximate surface area is 176 Å². The Hall–Kier alpha value is -1.66. The van der Waals surface area contributed by atoms with Gasteiger partial charge in [-0.15, -0.1) is 0 Å². The number of carbonyl (C=O) groups is 1. The van der Waals surface area contributed by atoms with Crippen molar-refractivity contribution in [1.29, 1.82) is 0 Å². The van der Waals surface area contributed by atoms with E-state index in [0.29, 0.717) is 0 Å². The second-order valence-electron chi connectivity index (χ2n) is 9.87. The van der Waals surface area contributed by atoms with Crippen LogP contribution in [-0.2, 0) is 19.4 Å². The number of likely N-dealkylation sites (tertiary alicyclic amines) is 1. The number of esters is 1. The maximum Gasteiger partial charge on any atom is 0.331 e. The third-order valence-electron chi connectivity index (χ3n) is 5.30. The van der Waals surface area contributed by atoms with Crippen LogP contribution in [0.5, 0.6) is 0 Å². The highest BCUT2D eigenvalue weighted by atomic mass is 32.2. The van der Waals surface area contributed by atoms with Gasteiger partial charge in [-0.1, -0.05) is 38.5 Å². The van der Waals surface area contributed by atoms with Gasteiger partial charge in [-0.05, 0) is 77.2 Å². The van der Waals surface area contributed by atoms with Gasteiger partial charge in [-0.25, -0.2) is 13.2 Å². The molecule has 162 valence electrons. The highest BCUT2D eigenvalue weighted by molar-refractivity contribution is 7.94. The van der Waals surface area contributed by atoms with Gasteiger partial charge < -0.3 is 4.74 Å². The minimum atomic E-state index is -3.69. The molecular weight excluding hydrogens is 386 g/mol. The first-order valence-electron chi connectivity index (χ1n) is 10.2. The third-order valence-corrected chi connectivity index (χ3v) is 6.72. The fraction of sp³-hybridized carbons (Fsp3) is 0.609. The van der Waals surface area contributed by atoms with Crippen LogP contribution in [0.3, 0.4) is 0 Å². The lowest BCUT2D eigenvalue weighted by Gasteiger charge is -2.47. The molecule has 0 unspecified atom stereocenters. The maximum absolute atomic E-state index is 13.5. The zero-order valence-corrected chi connectivity index (χ0v) is 19.6. The van der Waals surface area contributed by atoms with Gasteiger partial charge in [0, 0.05) is 5.41 Å². The minimum absolute atomic E-state index is 0.216. The van der Waals surface area contributed by atoms with Gasteiger partial charge >= 0.3 is 5.97 Å². The zero-order valence-electron chi connectivity index (χ0n) is 18.8. The number of aryl methyl sites for hydroxylation is 1. The molecule has 1 atom stereocenters. The van der Waals surface area contributed by atoms with Gasteiger partial charge in [0.1, 0.15) is 11.1 Å². The number of rotatable bonds is 5. The second kappa shape index (κ2) is 8.23. The largest absolute Gasteiger partial charge is 0.458 e. The third kappa shape index (κ3) is 5.28. The van der Waals surface area contributed by atoms with E-state index in [0.717, 1.165) is 31.5 Å². The first kappa shape index (κ1) is 23.6. The van der Waals surface area contributed by atoms with E-state index in [1.54, 1.807) is 30.3 Å². The monoisotopic (exact) mass is 421 g/mol. The fourth-order valence-electron chi connectivity index (χ4n) is 3.75. The summed E-state index contributed by atoms with van der Waals surface area (Å²) in [7, 11) is -3.69.